The number of carbonyl (C=O) groups excluding carboxylic acids is 1. The van der Waals surface area contributed by atoms with Gasteiger partial charge in [-0.2, -0.15) is 0 Å². The van der Waals surface area contributed by atoms with Crippen LogP contribution in [0.2, 0.25) is 0 Å². The molecule has 0 saturated carbocycles. The van der Waals surface area contributed by atoms with E-state index in [-0.39, 0.29) is 16.0 Å². The molecule has 0 heterocycles. The van der Waals surface area contributed by atoms with Crippen LogP contribution in [-0.4, -0.2) is 22.5 Å². The highest BCUT2D eigenvalue weighted by Crippen LogP contribution is 2.06. The molecule has 94 valence electrons. The lowest BCUT2D eigenvalue weighted by molar-refractivity contribution is -0.123. The highest BCUT2D eigenvalue weighted by Gasteiger charge is 2.18. The van der Waals surface area contributed by atoms with Gasteiger partial charge in [-0.25, -0.2) is 0 Å². The molecule has 1 amide bonds. The average Bonchev–Trinajstić information content (AvgIpc) is 2.29. The van der Waals surface area contributed by atoms with Crippen molar-refractivity contribution >= 4 is 28.5 Å². The zero-order valence-corrected chi connectivity index (χ0v) is 12.4. The Morgan fingerprint density at radius 1 is 1.35 bits per heavy atom. The second-order valence-corrected chi connectivity index (χ2v) is 5.79. The molecule has 17 heavy (non-hydrogen) atoms. The van der Waals surface area contributed by atoms with Gasteiger partial charge in [-0.15, -0.1) is 0 Å². The molecule has 0 aliphatic carbocycles. The van der Waals surface area contributed by atoms with Gasteiger partial charge in [0.25, 0.3) is 0 Å². The van der Waals surface area contributed by atoms with Crippen LogP contribution in [0, 0.1) is 0 Å². The molecule has 0 spiro atoms. The molecule has 0 fully saturated rings. The van der Waals surface area contributed by atoms with E-state index in [0.717, 1.165) is 6.42 Å². The van der Waals surface area contributed by atoms with Crippen LogP contribution in [0.1, 0.15) is 19.4 Å². The minimum absolute atomic E-state index is 0.0693. The number of nitrogens with one attached hydrogen (secondary N) is 2. The Morgan fingerprint density at radius 2 is 2.00 bits per heavy atom. The lowest BCUT2D eigenvalue weighted by atomic mass is 10.1. The smallest absolute Gasteiger partial charge is 0.237 e. The number of hydrogen-bond acceptors (Lipinski definition) is 2. The number of alkyl halides is 1. The van der Waals surface area contributed by atoms with Gasteiger partial charge in [-0.05, 0) is 25.8 Å². The van der Waals surface area contributed by atoms with Gasteiger partial charge in [-0.1, -0.05) is 52.9 Å². The molecule has 0 aliphatic rings. The van der Waals surface area contributed by atoms with Crippen LogP contribution in [0.25, 0.3) is 0 Å². The molecule has 0 aliphatic heterocycles. The molecule has 4 heteroatoms. The van der Waals surface area contributed by atoms with E-state index in [2.05, 4.69) is 33.2 Å². The molecule has 0 aromatic heterocycles. The Hall–Kier alpha value is -0.620. The van der Waals surface area contributed by atoms with Crippen molar-refractivity contribution in [2.45, 2.75) is 30.4 Å². The van der Waals surface area contributed by atoms with Gasteiger partial charge in [0.1, 0.15) is 0 Å². The molecule has 1 aromatic rings. The van der Waals surface area contributed by atoms with Crippen molar-refractivity contribution in [2.24, 2.45) is 0 Å². The lowest BCUT2D eigenvalue weighted by Gasteiger charge is -2.19. The normalized spacial score (nSPS) is 14.1. The molecular formula is C13H19IN2O. The predicted octanol–water partition coefficient (Wildman–Crippen LogP) is 2.10. The van der Waals surface area contributed by atoms with E-state index in [4.69, 9.17) is 0 Å². The molecule has 0 bridgehead atoms. The summed E-state index contributed by atoms with van der Waals surface area (Å²) in [4.78, 5) is 11.9. The Morgan fingerprint density at radius 3 is 2.53 bits per heavy atom. The molecular weight excluding hydrogens is 327 g/mol. The van der Waals surface area contributed by atoms with Gasteiger partial charge in [0, 0.05) is 6.54 Å². The Kier molecular flexibility index (Phi) is 6.50. The van der Waals surface area contributed by atoms with Gasteiger partial charge in [0.05, 0.1) is 10.1 Å². The van der Waals surface area contributed by atoms with Crippen LogP contribution >= 0.6 is 22.6 Å². The fraction of sp³-hybridized carbons (Fsp3) is 0.462. The molecule has 2 atom stereocenters. The van der Waals surface area contributed by atoms with Crippen LogP contribution in [0.5, 0.6) is 0 Å². The van der Waals surface area contributed by atoms with Crippen molar-refractivity contribution in [3.05, 3.63) is 35.9 Å². The first kappa shape index (κ1) is 14.4. The molecule has 0 saturated heterocycles. The van der Waals surface area contributed by atoms with Gasteiger partial charge in [-0.3, -0.25) is 10.1 Å². The third-order valence-electron chi connectivity index (χ3n) is 2.38. The minimum atomic E-state index is -0.163. The summed E-state index contributed by atoms with van der Waals surface area (Å²) in [5.74, 6) is 0.0693. The zero-order valence-electron chi connectivity index (χ0n) is 10.2. The van der Waals surface area contributed by atoms with Crippen LogP contribution in [-0.2, 0) is 11.2 Å². The maximum Gasteiger partial charge on any atom is 0.237 e. The average molecular weight is 346 g/mol. The number of likely N-dealkylation sites (N-methyl/N-ethyl adjacent to an activating group) is 1. The summed E-state index contributed by atoms with van der Waals surface area (Å²) in [7, 11) is 0. The first-order valence-electron chi connectivity index (χ1n) is 5.85. The standard InChI is InChI=1S/C13H19IN2O/c1-3-15-13(17)12(16-10(2)14)9-11-7-5-4-6-8-11/h4-8,10,12,16H,3,9H2,1-2H3,(H,15,17). The van der Waals surface area contributed by atoms with Gasteiger partial charge in [0.15, 0.2) is 0 Å². The third kappa shape index (κ3) is 5.50. The number of hydrogen-bond donors (Lipinski definition) is 2. The Labute approximate surface area is 117 Å². The highest BCUT2D eigenvalue weighted by molar-refractivity contribution is 14.1. The Bertz CT molecular complexity index is 341. The summed E-state index contributed by atoms with van der Waals surface area (Å²) in [6.45, 7) is 4.64. The summed E-state index contributed by atoms with van der Waals surface area (Å²) in [5.41, 5.74) is 1.17. The summed E-state index contributed by atoms with van der Waals surface area (Å²) in [5, 5.41) is 6.15. The predicted molar refractivity (Wildman–Crippen MR) is 79.2 cm³/mol. The fourth-order valence-electron chi connectivity index (χ4n) is 1.65. The largest absolute Gasteiger partial charge is 0.355 e. The van der Waals surface area contributed by atoms with Gasteiger partial charge >= 0.3 is 0 Å². The fourth-order valence-corrected chi connectivity index (χ4v) is 2.09. The number of benzene rings is 1. The first-order valence-corrected chi connectivity index (χ1v) is 7.09. The summed E-state index contributed by atoms with van der Waals surface area (Å²) >= 11 is 2.27. The van der Waals surface area contributed by atoms with Crippen molar-refractivity contribution < 1.29 is 4.79 Å². The molecule has 2 N–H and O–H groups in total. The van der Waals surface area contributed by atoms with E-state index in [1.54, 1.807) is 0 Å². The van der Waals surface area contributed by atoms with Crippen LogP contribution < -0.4 is 10.6 Å². The highest BCUT2D eigenvalue weighted by atomic mass is 127. The first-order chi connectivity index (χ1) is 8.13. The van der Waals surface area contributed by atoms with Gasteiger partial charge in [0.2, 0.25) is 5.91 Å². The van der Waals surface area contributed by atoms with Crippen LogP contribution in [0.3, 0.4) is 0 Å². The van der Waals surface area contributed by atoms with E-state index in [9.17, 15) is 4.79 Å². The minimum Gasteiger partial charge on any atom is -0.355 e. The zero-order chi connectivity index (χ0) is 12.7. The quantitative estimate of drug-likeness (QED) is 0.471. The second-order valence-electron chi connectivity index (χ2n) is 3.92. The molecule has 3 nitrogen and oxygen atoms in total. The molecule has 1 rings (SSSR count). The number of halogens is 1. The number of rotatable bonds is 6. The van der Waals surface area contributed by atoms with E-state index >= 15 is 0 Å². The van der Waals surface area contributed by atoms with Crippen LogP contribution in [0.4, 0.5) is 0 Å². The molecule has 1 aromatic carbocycles. The van der Waals surface area contributed by atoms with E-state index in [1.807, 2.05) is 44.2 Å². The van der Waals surface area contributed by atoms with E-state index in [0.29, 0.717) is 6.54 Å². The second kappa shape index (κ2) is 7.66. The van der Waals surface area contributed by atoms with E-state index < -0.39 is 0 Å². The van der Waals surface area contributed by atoms with Crippen molar-refractivity contribution in [1.82, 2.24) is 10.6 Å². The molecule has 2 unspecified atom stereocenters. The van der Waals surface area contributed by atoms with Crippen molar-refractivity contribution in [3.63, 3.8) is 0 Å². The lowest BCUT2D eigenvalue weighted by Crippen LogP contribution is -2.47. The Balaban J connectivity index is 2.66. The van der Waals surface area contributed by atoms with Crippen molar-refractivity contribution in [2.75, 3.05) is 6.54 Å². The summed E-state index contributed by atoms with van der Waals surface area (Å²) < 4.78 is 0.268. The number of amides is 1. The SMILES string of the molecule is CCNC(=O)C(Cc1ccccc1)NC(C)I. The molecule has 0 radical (unpaired) electrons. The topological polar surface area (TPSA) is 41.1 Å². The maximum atomic E-state index is 11.9. The van der Waals surface area contributed by atoms with Crippen molar-refractivity contribution in [3.8, 4) is 0 Å². The summed E-state index contributed by atoms with van der Waals surface area (Å²) in [6.07, 6.45) is 0.722. The maximum absolute atomic E-state index is 11.9. The summed E-state index contributed by atoms with van der Waals surface area (Å²) in [6, 6.07) is 9.91. The monoisotopic (exact) mass is 346 g/mol. The van der Waals surface area contributed by atoms with E-state index in [1.165, 1.54) is 5.56 Å². The van der Waals surface area contributed by atoms with Crippen LogP contribution in [0.15, 0.2) is 30.3 Å². The number of carbonyl (C=O) groups is 1. The van der Waals surface area contributed by atoms with Gasteiger partial charge < -0.3 is 5.32 Å². The third-order valence-corrected chi connectivity index (χ3v) is 2.74. The van der Waals surface area contributed by atoms with Crippen molar-refractivity contribution in [1.29, 1.82) is 0 Å².